The summed E-state index contributed by atoms with van der Waals surface area (Å²) in [6.07, 6.45) is 0.140. The van der Waals surface area contributed by atoms with Crippen molar-refractivity contribution in [2.24, 2.45) is 5.92 Å². The molecule has 1 aliphatic carbocycles. The Morgan fingerprint density at radius 3 is 2.48 bits per heavy atom. The Labute approximate surface area is 250 Å². The van der Waals surface area contributed by atoms with Crippen LogP contribution in [0, 0.1) is 24.2 Å². The summed E-state index contributed by atoms with van der Waals surface area (Å²) in [6.45, 7) is 5.06. The Balaban J connectivity index is 1.50. The number of nitrogens with zero attached hydrogens (tertiary/aromatic N) is 3. The van der Waals surface area contributed by atoms with Crippen molar-refractivity contribution >= 4 is 45.6 Å². The van der Waals surface area contributed by atoms with E-state index in [1.165, 1.54) is 18.7 Å². The third-order valence-electron chi connectivity index (χ3n) is 8.07. The molecule has 214 valence electrons. The molecule has 2 N–H and O–H groups in total. The quantitative estimate of drug-likeness (QED) is 0.265. The Morgan fingerprint density at radius 1 is 1.12 bits per heavy atom. The highest BCUT2D eigenvalue weighted by Crippen LogP contribution is 2.49. The van der Waals surface area contributed by atoms with E-state index in [1.54, 1.807) is 6.92 Å². The first kappa shape index (κ1) is 29.3. The smallest absolute Gasteiger partial charge is 0.234 e. The van der Waals surface area contributed by atoms with Crippen LogP contribution in [0.25, 0.3) is 10.8 Å². The minimum absolute atomic E-state index is 0.0605. The van der Waals surface area contributed by atoms with E-state index in [4.69, 9.17) is 4.98 Å². The monoisotopic (exact) mass is 578 g/mol. The topological polar surface area (TPSA) is 106 Å². The zero-order valence-electron chi connectivity index (χ0n) is 24.4. The summed E-state index contributed by atoms with van der Waals surface area (Å²) in [7, 11) is 3.92. The normalized spacial score (nSPS) is 19.5. The lowest BCUT2D eigenvalue weighted by Gasteiger charge is -2.43. The Bertz CT molecular complexity index is 1720. The number of carbonyl (C=O) groups is 2. The average molecular weight is 579 g/mol. The second kappa shape index (κ2) is 11.6. The molecule has 4 aromatic rings. The number of aromatic nitrogens is 1. The van der Waals surface area contributed by atoms with E-state index < -0.39 is 17.4 Å². The summed E-state index contributed by atoms with van der Waals surface area (Å²) in [5.41, 5.74) is 3.76. The van der Waals surface area contributed by atoms with Gasteiger partial charge in [-0.3, -0.25) is 9.59 Å². The van der Waals surface area contributed by atoms with Gasteiger partial charge in [0.2, 0.25) is 5.91 Å². The molecule has 0 spiro atoms. The molecule has 0 fully saturated rings. The number of hydrogen-bond acceptors (Lipinski definition) is 7. The van der Waals surface area contributed by atoms with Crippen LogP contribution in [0.5, 0.6) is 0 Å². The maximum atomic E-state index is 13.0. The molecule has 0 bridgehead atoms. The number of nitrogens with one attached hydrogen (secondary N) is 1. The van der Waals surface area contributed by atoms with Gasteiger partial charge in [0.15, 0.2) is 0 Å². The largest absolute Gasteiger partial charge is 0.389 e. The van der Waals surface area contributed by atoms with E-state index in [9.17, 15) is 20.0 Å². The number of ketones is 1. The fourth-order valence-electron chi connectivity index (χ4n) is 6.23. The molecule has 0 saturated heterocycles. The lowest BCUT2D eigenvalue weighted by atomic mass is 9.62. The highest BCUT2D eigenvalue weighted by molar-refractivity contribution is 8.00. The summed E-state index contributed by atoms with van der Waals surface area (Å²) in [5, 5.41) is 27.4. The fraction of sp³-hybridized carbons (Fsp3) is 0.294. The van der Waals surface area contributed by atoms with Gasteiger partial charge >= 0.3 is 0 Å². The van der Waals surface area contributed by atoms with E-state index >= 15 is 0 Å². The lowest BCUT2D eigenvalue weighted by molar-refractivity contribution is -0.131. The van der Waals surface area contributed by atoms with Gasteiger partial charge in [0.1, 0.15) is 16.9 Å². The highest BCUT2D eigenvalue weighted by atomic mass is 32.2. The molecule has 3 atom stereocenters. The van der Waals surface area contributed by atoms with Crippen LogP contribution in [0.1, 0.15) is 47.7 Å². The number of fused-ring (bicyclic) bond motifs is 2. The number of pyridine rings is 1. The first-order valence-corrected chi connectivity index (χ1v) is 14.8. The average Bonchev–Trinajstić information content (AvgIpc) is 2.95. The summed E-state index contributed by atoms with van der Waals surface area (Å²) < 4.78 is 0. The zero-order chi connectivity index (χ0) is 30.2. The molecule has 1 heterocycles. The van der Waals surface area contributed by atoms with Crippen molar-refractivity contribution in [3.05, 3.63) is 94.7 Å². The van der Waals surface area contributed by atoms with Gasteiger partial charge < -0.3 is 15.3 Å². The maximum absolute atomic E-state index is 13.0. The number of aliphatic hydroxyl groups is 1. The van der Waals surface area contributed by atoms with Gasteiger partial charge in [0, 0.05) is 48.9 Å². The fourth-order valence-corrected chi connectivity index (χ4v) is 7.08. The van der Waals surface area contributed by atoms with Gasteiger partial charge in [0.25, 0.3) is 0 Å². The van der Waals surface area contributed by atoms with Crippen LogP contribution in [-0.2, 0) is 16.0 Å². The van der Waals surface area contributed by atoms with E-state index in [-0.39, 0.29) is 23.9 Å². The molecular weight excluding hydrogens is 544 g/mol. The number of aryl methyl sites for hydroxylation is 1. The number of anilines is 2. The van der Waals surface area contributed by atoms with Crippen LogP contribution in [0.15, 0.2) is 71.8 Å². The third-order valence-corrected chi connectivity index (χ3v) is 9.05. The molecule has 1 aliphatic rings. The van der Waals surface area contributed by atoms with Crippen molar-refractivity contribution in [3.63, 3.8) is 0 Å². The van der Waals surface area contributed by atoms with Gasteiger partial charge in [-0.2, -0.15) is 5.26 Å². The minimum Gasteiger partial charge on any atom is -0.389 e. The Hall–Kier alpha value is -4.19. The predicted octanol–water partition coefficient (Wildman–Crippen LogP) is 5.86. The molecule has 5 rings (SSSR count). The van der Waals surface area contributed by atoms with Crippen LogP contribution in [-0.4, -0.2) is 47.2 Å². The lowest BCUT2D eigenvalue weighted by Crippen LogP contribution is -2.48. The number of carbonyl (C=O) groups excluding carboxylic acids is 2. The second-order valence-corrected chi connectivity index (χ2v) is 12.3. The van der Waals surface area contributed by atoms with Crippen LogP contribution in [0.3, 0.4) is 0 Å². The molecule has 0 saturated carbocycles. The first-order valence-electron chi connectivity index (χ1n) is 13.9. The van der Waals surface area contributed by atoms with Crippen molar-refractivity contribution in [2.45, 2.75) is 43.7 Å². The molecule has 0 radical (unpaired) electrons. The molecule has 42 heavy (non-hydrogen) atoms. The summed E-state index contributed by atoms with van der Waals surface area (Å²) in [4.78, 5) is 32.8. The Kier molecular flexibility index (Phi) is 8.09. The number of thioether (sulfide) groups is 1. The van der Waals surface area contributed by atoms with Crippen molar-refractivity contribution in [1.82, 2.24) is 4.98 Å². The van der Waals surface area contributed by atoms with Crippen LogP contribution in [0.4, 0.5) is 11.4 Å². The van der Waals surface area contributed by atoms with E-state index in [1.807, 2.05) is 92.6 Å². The minimum atomic E-state index is -1.38. The van der Waals surface area contributed by atoms with Gasteiger partial charge in [-0.15, -0.1) is 0 Å². The highest BCUT2D eigenvalue weighted by Gasteiger charge is 2.48. The number of hydrogen-bond donors (Lipinski definition) is 2. The number of Topliss-reactive ketones (excluding diaryl/α,β-unsaturated/α-hetero) is 1. The number of benzene rings is 3. The standard InChI is InChI=1S/C34H34N4O3S/c1-20-30-26(17-34(3,41)32(21(2)39)31(30)23-13-15-24(16-14-23)38(4)5)27(18-35)33(36-20)42-19-29(40)37-28-12-8-10-22-9-6-7-11-25(22)28/h6-16,31-32,41H,17,19H2,1-5H3,(H,37,40). The SMILES string of the molecule is CC(=O)C1C(c2ccc(N(C)C)cc2)c2c(C)nc(SCC(=O)Nc3cccc4ccccc34)c(C#N)c2CC1(C)O. The van der Waals surface area contributed by atoms with E-state index in [0.29, 0.717) is 21.8 Å². The van der Waals surface area contributed by atoms with E-state index in [2.05, 4.69) is 11.4 Å². The maximum Gasteiger partial charge on any atom is 0.234 e. The van der Waals surface area contributed by atoms with Gasteiger partial charge in [-0.25, -0.2) is 4.98 Å². The summed E-state index contributed by atoms with van der Waals surface area (Å²) in [5.74, 6) is -1.43. The predicted molar refractivity (Wildman–Crippen MR) is 168 cm³/mol. The number of rotatable bonds is 7. The molecule has 0 aliphatic heterocycles. The van der Waals surface area contributed by atoms with Gasteiger partial charge in [-0.05, 0) is 61.0 Å². The summed E-state index contributed by atoms with van der Waals surface area (Å²) in [6, 6.07) is 23.8. The zero-order valence-corrected chi connectivity index (χ0v) is 25.2. The first-order chi connectivity index (χ1) is 20.0. The summed E-state index contributed by atoms with van der Waals surface area (Å²) >= 11 is 1.20. The molecule has 3 aromatic carbocycles. The second-order valence-electron chi connectivity index (χ2n) is 11.3. The molecule has 1 aromatic heterocycles. The van der Waals surface area contributed by atoms with Gasteiger partial charge in [0.05, 0.1) is 22.8 Å². The molecule has 7 nitrogen and oxygen atoms in total. The van der Waals surface area contributed by atoms with Crippen LogP contribution >= 0.6 is 11.8 Å². The third kappa shape index (κ3) is 5.50. The van der Waals surface area contributed by atoms with Crippen LogP contribution < -0.4 is 10.2 Å². The number of nitriles is 1. The van der Waals surface area contributed by atoms with Gasteiger partial charge in [-0.1, -0.05) is 60.3 Å². The number of amides is 1. The molecular formula is C34H34N4O3S. The molecule has 3 unspecified atom stereocenters. The van der Waals surface area contributed by atoms with Crippen LogP contribution in [0.2, 0.25) is 0 Å². The molecule has 1 amide bonds. The Morgan fingerprint density at radius 2 is 1.81 bits per heavy atom. The molecule has 8 heteroatoms. The van der Waals surface area contributed by atoms with Crippen molar-refractivity contribution in [3.8, 4) is 6.07 Å². The van der Waals surface area contributed by atoms with E-state index in [0.717, 1.165) is 33.3 Å². The van der Waals surface area contributed by atoms with Crippen molar-refractivity contribution < 1.29 is 14.7 Å². The van der Waals surface area contributed by atoms with Crippen molar-refractivity contribution in [1.29, 1.82) is 5.26 Å². The van der Waals surface area contributed by atoms with Crippen molar-refractivity contribution in [2.75, 3.05) is 30.1 Å².